The van der Waals surface area contributed by atoms with Crippen LogP contribution in [0.1, 0.15) is 28.2 Å². The molecule has 116 valence electrons. The molecular weight excluding hydrogens is 296 g/mol. The van der Waals surface area contributed by atoms with Crippen molar-refractivity contribution in [3.8, 4) is 0 Å². The van der Waals surface area contributed by atoms with Gasteiger partial charge in [-0.15, -0.1) is 11.3 Å². The number of hydrogen-bond acceptors (Lipinski definition) is 4. The van der Waals surface area contributed by atoms with Gasteiger partial charge in [-0.2, -0.15) is 0 Å². The maximum atomic E-state index is 11.6. The number of carbonyl (C=O) groups is 3. The van der Waals surface area contributed by atoms with E-state index in [0.29, 0.717) is 6.54 Å². The Balaban J connectivity index is 2.46. The number of amides is 2. The molecule has 7 nitrogen and oxygen atoms in total. The first-order valence-electron chi connectivity index (χ1n) is 6.34. The van der Waals surface area contributed by atoms with E-state index in [0.717, 1.165) is 15.3 Å². The van der Waals surface area contributed by atoms with Crippen molar-refractivity contribution < 1.29 is 24.6 Å². The predicted molar refractivity (Wildman–Crippen MR) is 77.5 cm³/mol. The minimum absolute atomic E-state index is 0.157. The molecule has 0 aliphatic heterocycles. The molecule has 0 aliphatic rings. The van der Waals surface area contributed by atoms with Gasteiger partial charge in [0.25, 0.3) is 0 Å². The highest BCUT2D eigenvalue weighted by Crippen LogP contribution is 2.20. The summed E-state index contributed by atoms with van der Waals surface area (Å²) in [5.74, 6) is -2.36. The van der Waals surface area contributed by atoms with Crippen LogP contribution in [0.2, 0.25) is 0 Å². The number of rotatable bonds is 7. The lowest BCUT2D eigenvalue weighted by Crippen LogP contribution is -2.45. The Kier molecular flexibility index (Phi) is 6.16. The molecule has 0 saturated carbocycles. The maximum absolute atomic E-state index is 11.6. The van der Waals surface area contributed by atoms with Gasteiger partial charge in [0, 0.05) is 16.2 Å². The first-order valence-corrected chi connectivity index (χ1v) is 7.16. The number of urea groups is 1. The van der Waals surface area contributed by atoms with Crippen molar-refractivity contribution in [1.29, 1.82) is 0 Å². The molecule has 4 N–H and O–H groups in total. The molecule has 1 aromatic rings. The fourth-order valence-electron chi connectivity index (χ4n) is 1.64. The number of carboxylic acids is 2. The van der Waals surface area contributed by atoms with Crippen LogP contribution in [0.4, 0.5) is 4.79 Å². The van der Waals surface area contributed by atoms with Gasteiger partial charge in [0.1, 0.15) is 6.04 Å². The first kappa shape index (κ1) is 17.0. The second-order valence-electron chi connectivity index (χ2n) is 4.60. The van der Waals surface area contributed by atoms with Gasteiger partial charge in [0.05, 0.1) is 6.54 Å². The molecular formula is C13H18N2O5S. The summed E-state index contributed by atoms with van der Waals surface area (Å²) in [6.45, 7) is 4.26. The molecule has 0 saturated heterocycles. The molecule has 1 rings (SSSR count). The van der Waals surface area contributed by atoms with Crippen LogP contribution in [0.15, 0.2) is 6.07 Å². The van der Waals surface area contributed by atoms with Gasteiger partial charge >= 0.3 is 18.0 Å². The van der Waals surface area contributed by atoms with Crippen LogP contribution >= 0.6 is 11.3 Å². The third kappa shape index (κ3) is 5.82. The number of thiophene rings is 1. The molecule has 0 fully saturated rings. The van der Waals surface area contributed by atoms with Gasteiger partial charge in [-0.1, -0.05) is 0 Å². The highest BCUT2D eigenvalue weighted by molar-refractivity contribution is 7.12. The Morgan fingerprint density at radius 3 is 2.43 bits per heavy atom. The summed E-state index contributed by atoms with van der Waals surface area (Å²) in [4.78, 5) is 35.1. The zero-order valence-corrected chi connectivity index (χ0v) is 12.6. The molecule has 0 aromatic carbocycles. The summed E-state index contributed by atoms with van der Waals surface area (Å²) >= 11 is 1.56. The van der Waals surface area contributed by atoms with Gasteiger partial charge in [-0.05, 0) is 31.9 Å². The summed E-state index contributed by atoms with van der Waals surface area (Å²) in [5.41, 5.74) is 1.14. The third-order valence-electron chi connectivity index (χ3n) is 2.89. The molecule has 2 amide bonds. The molecule has 21 heavy (non-hydrogen) atoms. The van der Waals surface area contributed by atoms with Crippen LogP contribution in [-0.2, 0) is 16.1 Å². The molecule has 0 bridgehead atoms. The van der Waals surface area contributed by atoms with E-state index in [2.05, 4.69) is 10.6 Å². The predicted octanol–water partition coefficient (Wildman–Crippen LogP) is 1.48. The smallest absolute Gasteiger partial charge is 0.326 e. The topological polar surface area (TPSA) is 116 Å². The highest BCUT2D eigenvalue weighted by atomic mass is 32.1. The van der Waals surface area contributed by atoms with Crippen LogP contribution < -0.4 is 10.6 Å². The monoisotopic (exact) mass is 314 g/mol. The molecule has 1 atom stereocenters. The normalized spacial score (nSPS) is 11.7. The van der Waals surface area contributed by atoms with E-state index in [4.69, 9.17) is 10.2 Å². The number of carbonyl (C=O) groups excluding carboxylic acids is 1. The van der Waals surface area contributed by atoms with E-state index in [-0.39, 0.29) is 12.8 Å². The molecule has 0 aliphatic carbocycles. The highest BCUT2D eigenvalue weighted by Gasteiger charge is 2.20. The van der Waals surface area contributed by atoms with E-state index in [1.165, 1.54) is 0 Å². The van der Waals surface area contributed by atoms with Crippen molar-refractivity contribution in [2.75, 3.05) is 0 Å². The Labute approximate surface area is 126 Å². The number of aliphatic carboxylic acids is 2. The summed E-state index contributed by atoms with van der Waals surface area (Å²) in [6, 6.07) is 0.115. The maximum Gasteiger partial charge on any atom is 0.326 e. The zero-order valence-electron chi connectivity index (χ0n) is 11.8. The van der Waals surface area contributed by atoms with Crippen LogP contribution in [0.3, 0.4) is 0 Å². The quantitative estimate of drug-likeness (QED) is 0.608. The van der Waals surface area contributed by atoms with Gasteiger partial charge < -0.3 is 20.8 Å². The second kappa shape index (κ2) is 7.63. The number of nitrogens with one attached hydrogen (secondary N) is 2. The van der Waals surface area contributed by atoms with E-state index in [9.17, 15) is 14.4 Å². The lowest BCUT2D eigenvalue weighted by Gasteiger charge is -2.13. The van der Waals surface area contributed by atoms with E-state index >= 15 is 0 Å². The number of carboxylic acid groups (broad SMARTS) is 2. The zero-order chi connectivity index (χ0) is 16.0. The minimum atomic E-state index is -1.26. The molecule has 1 heterocycles. The van der Waals surface area contributed by atoms with Crippen molar-refractivity contribution in [1.82, 2.24) is 10.6 Å². The lowest BCUT2D eigenvalue weighted by molar-refractivity contribution is -0.140. The van der Waals surface area contributed by atoms with Crippen molar-refractivity contribution >= 4 is 29.3 Å². The fourth-order valence-corrected chi connectivity index (χ4v) is 2.63. The summed E-state index contributed by atoms with van der Waals surface area (Å²) < 4.78 is 0. The van der Waals surface area contributed by atoms with Crippen molar-refractivity contribution in [3.63, 3.8) is 0 Å². The van der Waals surface area contributed by atoms with Crippen LogP contribution in [-0.4, -0.2) is 34.2 Å². The van der Waals surface area contributed by atoms with Crippen LogP contribution in [0.25, 0.3) is 0 Å². The Morgan fingerprint density at radius 2 is 1.95 bits per heavy atom. The van der Waals surface area contributed by atoms with Gasteiger partial charge in [0.15, 0.2) is 0 Å². The van der Waals surface area contributed by atoms with Crippen LogP contribution in [0.5, 0.6) is 0 Å². The van der Waals surface area contributed by atoms with Crippen molar-refractivity contribution in [3.05, 3.63) is 21.4 Å². The molecule has 8 heteroatoms. The molecule has 0 spiro atoms. The average Bonchev–Trinajstić information content (AvgIpc) is 2.71. The Hall–Kier alpha value is -2.09. The molecule has 0 radical (unpaired) electrons. The Bertz CT molecular complexity index is 521. The van der Waals surface area contributed by atoms with Gasteiger partial charge in [-0.3, -0.25) is 4.79 Å². The minimum Gasteiger partial charge on any atom is -0.481 e. The third-order valence-corrected chi connectivity index (χ3v) is 4.04. The summed E-state index contributed by atoms with van der Waals surface area (Å²) in [7, 11) is 0. The lowest BCUT2D eigenvalue weighted by atomic mass is 10.1. The van der Waals surface area contributed by atoms with Crippen LogP contribution in [0, 0.1) is 13.8 Å². The number of aryl methyl sites for hydroxylation is 2. The van der Waals surface area contributed by atoms with E-state index in [1.54, 1.807) is 11.3 Å². The largest absolute Gasteiger partial charge is 0.481 e. The first-order chi connectivity index (χ1) is 9.79. The van der Waals surface area contributed by atoms with Gasteiger partial charge in [0.2, 0.25) is 0 Å². The second-order valence-corrected chi connectivity index (χ2v) is 5.94. The van der Waals surface area contributed by atoms with E-state index in [1.807, 2.05) is 19.9 Å². The molecule has 1 aromatic heterocycles. The SMILES string of the molecule is Cc1cc(CNC(=O)NC(CCC(=O)O)C(=O)O)sc1C. The fraction of sp³-hybridized carbons (Fsp3) is 0.462. The average molecular weight is 314 g/mol. The summed E-state index contributed by atoms with van der Waals surface area (Å²) in [6.07, 6.45) is -0.476. The van der Waals surface area contributed by atoms with Gasteiger partial charge in [-0.25, -0.2) is 9.59 Å². The van der Waals surface area contributed by atoms with Crippen molar-refractivity contribution in [2.24, 2.45) is 0 Å². The molecule has 1 unspecified atom stereocenters. The Morgan fingerprint density at radius 1 is 1.29 bits per heavy atom. The number of hydrogen-bond donors (Lipinski definition) is 4. The van der Waals surface area contributed by atoms with E-state index < -0.39 is 24.0 Å². The standard InChI is InChI=1S/C13H18N2O5S/c1-7-5-9(21-8(7)2)6-14-13(20)15-10(12(18)19)3-4-11(16)17/h5,10H,3-4,6H2,1-2H3,(H,16,17)(H,18,19)(H2,14,15,20). The van der Waals surface area contributed by atoms with Crippen molar-refractivity contribution in [2.45, 2.75) is 39.3 Å². The summed E-state index contributed by atoms with van der Waals surface area (Å²) in [5, 5.41) is 22.3.